The zero-order valence-electron chi connectivity index (χ0n) is 25.4. The van der Waals surface area contributed by atoms with Crippen LogP contribution in [-0.4, -0.2) is 12.1 Å². The molecule has 6 rings (SSSR count). The minimum atomic E-state index is -0.439. The first-order valence-electron chi connectivity index (χ1n) is 15.1. The van der Waals surface area contributed by atoms with E-state index in [0.29, 0.717) is 11.4 Å². The summed E-state index contributed by atoms with van der Waals surface area (Å²) in [5.74, 6) is 0.450. The van der Waals surface area contributed by atoms with E-state index in [4.69, 9.17) is 21.9 Å². The number of amidine groups is 1. The molecule has 0 radical (unpaired) electrons. The van der Waals surface area contributed by atoms with Gasteiger partial charge >= 0.3 is 0 Å². The van der Waals surface area contributed by atoms with Crippen molar-refractivity contribution in [3.63, 3.8) is 0 Å². The predicted molar refractivity (Wildman–Crippen MR) is 194 cm³/mol. The van der Waals surface area contributed by atoms with E-state index >= 15 is 0 Å². The molecule has 0 aliphatic rings. The molecular formula is C41H35N5. The van der Waals surface area contributed by atoms with Gasteiger partial charge in [0.2, 0.25) is 0 Å². The number of nitrogens with one attached hydrogen (secondary N) is 2. The van der Waals surface area contributed by atoms with Crippen molar-refractivity contribution in [3.05, 3.63) is 181 Å². The number of allylic oxidation sites excluding steroid dienone is 1. The Hall–Kier alpha value is -6.20. The van der Waals surface area contributed by atoms with Crippen LogP contribution in [0.15, 0.2) is 163 Å². The molecule has 0 fully saturated rings. The molecule has 5 nitrogen and oxygen atoms in total. The van der Waals surface area contributed by atoms with E-state index in [0.717, 1.165) is 61.0 Å². The normalized spacial score (nSPS) is 12.4. The highest BCUT2D eigenvalue weighted by atomic mass is 15.1. The van der Waals surface area contributed by atoms with Gasteiger partial charge in [0, 0.05) is 29.2 Å². The minimum Gasteiger partial charge on any atom is -0.404 e. The zero-order chi connectivity index (χ0) is 31.9. The molecule has 0 saturated heterocycles. The number of aliphatic imine (C=N–C) groups is 1. The molecule has 5 heteroatoms. The molecule has 6 aromatic carbocycles. The number of nitrogens with zero attached hydrogens (tertiary/aromatic N) is 1. The standard InChI is InChI=1S/C41H35N5/c1-28(29-10-4-2-5-11-29)45-41(46-40(44)33-12-6-3-7-13-33)34-24-22-32(23-25-34)37-15-9-16-38-36(14-8-17-39(37)38)31-20-18-30(19-21-31)35(26-42)27-43/h2-27,41-42,45H,1,43H2,(H2,44,46)/b35-27+,42-26?. The number of hydrogen-bond acceptors (Lipinski definition) is 4. The van der Waals surface area contributed by atoms with E-state index < -0.39 is 6.17 Å². The molecule has 1 atom stereocenters. The summed E-state index contributed by atoms with van der Waals surface area (Å²) < 4.78 is 0. The van der Waals surface area contributed by atoms with E-state index in [2.05, 4.69) is 84.7 Å². The van der Waals surface area contributed by atoms with Gasteiger partial charge in [-0.25, -0.2) is 4.99 Å². The molecule has 0 saturated carbocycles. The molecule has 0 aromatic heterocycles. The third-order valence-electron chi connectivity index (χ3n) is 8.09. The summed E-state index contributed by atoms with van der Waals surface area (Å²) in [5.41, 5.74) is 21.9. The number of hydrogen-bond donors (Lipinski definition) is 4. The summed E-state index contributed by atoms with van der Waals surface area (Å²) in [5, 5.41) is 13.4. The highest BCUT2D eigenvalue weighted by molar-refractivity contribution is 6.08. The Bertz CT molecular complexity index is 2040. The van der Waals surface area contributed by atoms with Crippen LogP contribution in [0.25, 0.3) is 44.3 Å². The second kappa shape index (κ2) is 13.6. The lowest BCUT2D eigenvalue weighted by Crippen LogP contribution is -2.23. The molecule has 46 heavy (non-hydrogen) atoms. The van der Waals surface area contributed by atoms with Gasteiger partial charge in [-0.05, 0) is 49.7 Å². The second-order valence-electron chi connectivity index (χ2n) is 10.9. The Balaban J connectivity index is 1.34. The van der Waals surface area contributed by atoms with Gasteiger partial charge in [-0.2, -0.15) is 0 Å². The highest BCUT2D eigenvalue weighted by Gasteiger charge is 2.15. The van der Waals surface area contributed by atoms with Gasteiger partial charge in [0.05, 0.1) is 0 Å². The van der Waals surface area contributed by atoms with Crippen molar-refractivity contribution in [2.45, 2.75) is 6.17 Å². The Kier molecular flexibility index (Phi) is 8.84. The first-order valence-corrected chi connectivity index (χ1v) is 15.1. The van der Waals surface area contributed by atoms with Crippen molar-refractivity contribution in [2.24, 2.45) is 16.5 Å². The summed E-state index contributed by atoms with van der Waals surface area (Å²) in [6.45, 7) is 4.29. The maximum atomic E-state index is 7.60. The van der Waals surface area contributed by atoms with E-state index in [1.807, 2.05) is 72.8 Å². The topological polar surface area (TPSA) is 100 Å². The lowest BCUT2D eigenvalue weighted by molar-refractivity contribution is 0.670. The van der Waals surface area contributed by atoms with Crippen LogP contribution in [-0.2, 0) is 0 Å². The van der Waals surface area contributed by atoms with Crippen LogP contribution in [0.5, 0.6) is 0 Å². The van der Waals surface area contributed by atoms with Crippen LogP contribution >= 0.6 is 0 Å². The molecular weight excluding hydrogens is 562 g/mol. The van der Waals surface area contributed by atoms with Crippen LogP contribution in [0, 0.1) is 5.41 Å². The predicted octanol–water partition coefficient (Wildman–Crippen LogP) is 8.79. The molecule has 6 aromatic rings. The fourth-order valence-corrected chi connectivity index (χ4v) is 5.63. The minimum absolute atomic E-state index is 0.439. The average molecular weight is 598 g/mol. The summed E-state index contributed by atoms with van der Waals surface area (Å²) >= 11 is 0. The third kappa shape index (κ3) is 6.35. The van der Waals surface area contributed by atoms with Crippen molar-refractivity contribution >= 4 is 34.1 Å². The van der Waals surface area contributed by atoms with Gasteiger partial charge in [-0.1, -0.05) is 152 Å². The lowest BCUT2D eigenvalue weighted by Gasteiger charge is -2.20. The summed E-state index contributed by atoms with van der Waals surface area (Å²) in [6, 6.07) is 49.3. The number of rotatable bonds is 10. The molecule has 0 aliphatic heterocycles. The maximum Gasteiger partial charge on any atom is 0.147 e. The van der Waals surface area contributed by atoms with Crippen LogP contribution in [0.3, 0.4) is 0 Å². The van der Waals surface area contributed by atoms with Gasteiger partial charge in [-0.15, -0.1) is 0 Å². The van der Waals surface area contributed by atoms with Crippen molar-refractivity contribution < 1.29 is 0 Å². The van der Waals surface area contributed by atoms with E-state index in [1.165, 1.54) is 12.4 Å². The molecule has 0 spiro atoms. The Morgan fingerprint density at radius 3 is 1.67 bits per heavy atom. The van der Waals surface area contributed by atoms with Gasteiger partial charge < -0.3 is 22.2 Å². The molecule has 0 amide bonds. The summed E-state index contributed by atoms with van der Waals surface area (Å²) in [6.07, 6.45) is 2.29. The lowest BCUT2D eigenvalue weighted by atomic mass is 9.92. The van der Waals surface area contributed by atoms with Crippen LogP contribution in [0.4, 0.5) is 0 Å². The third-order valence-corrected chi connectivity index (χ3v) is 8.09. The molecule has 6 N–H and O–H groups in total. The van der Waals surface area contributed by atoms with E-state index in [1.54, 1.807) is 0 Å². The van der Waals surface area contributed by atoms with Gasteiger partial charge in [0.1, 0.15) is 12.0 Å². The summed E-state index contributed by atoms with van der Waals surface area (Å²) in [4.78, 5) is 4.91. The maximum absolute atomic E-state index is 7.60. The monoisotopic (exact) mass is 597 g/mol. The van der Waals surface area contributed by atoms with Crippen molar-refractivity contribution in [2.75, 3.05) is 0 Å². The SMILES string of the molecule is C=C(NC(N=C(N)c1ccccc1)c1ccc(-c2cccc3c(-c4ccc(/C(C=N)=C/N)cc4)cccc23)cc1)c1ccccc1. The average Bonchev–Trinajstić information content (AvgIpc) is 3.12. The van der Waals surface area contributed by atoms with Crippen molar-refractivity contribution in [3.8, 4) is 22.3 Å². The Labute approximate surface area is 269 Å². The fourth-order valence-electron chi connectivity index (χ4n) is 5.63. The Morgan fingerprint density at radius 2 is 1.15 bits per heavy atom. The number of nitrogens with two attached hydrogens (primary N) is 2. The molecule has 0 aliphatic carbocycles. The van der Waals surface area contributed by atoms with Crippen LogP contribution < -0.4 is 16.8 Å². The first kappa shape index (κ1) is 29.9. The quantitative estimate of drug-likeness (QED) is 0.0938. The highest BCUT2D eigenvalue weighted by Crippen LogP contribution is 2.35. The van der Waals surface area contributed by atoms with Crippen LogP contribution in [0.2, 0.25) is 0 Å². The van der Waals surface area contributed by atoms with Crippen molar-refractivity contribution in [1.82, 2.24) is 5.32 Å². The largest absolute Gasteiger partial charge is 0.404 e. The van der Waals surface area contributed by atoms with E-state index in [-0.39, 0.29) is 0 Å². The molecule has 224 valence electrons. The van der Waals surface area contributed by atoms with Gasteiger partial charge in [0.15, 0.2) is 0 Å². The smallest absolute Gasteiger partial charge is 0.147 e. The van der Waals surface area contributed by atoms with E-state index in [9.17, 15) is 0 Å². The summed E-state index contributed by atoms with van der Waals surface area (Å²) in [7, 11) is 0. The molecule has 0 heterocycles. The molecule has 1 unspecified atom stereocenters. The number of fused-ring (bicyclic) bond motifs is 1. The Morgan fingerprint density at radius 1 is 0.630 bits per heavy atom. The van der Waals surface area contributed by atoms with Gasteiger partial charge in [0.25, 0.3) is 0 Å². The number of benzene rings is 6. The zero-order valence-corrected chi connectivity index (χ0v) is 25.4. The van der Waals surface area contributed by atoms with Gasteiger partial charge in [-0.3, -0.25) is 0 Å². The van der Waals surface area contributed by atoms with Crippen molar-refractivity contribution in [1.29, 1.82) is 5.41 Å². The first-order chi connectivity index (χ1) is 22.6. The molecule has 0 bridgehead atoms. The van der Waals surface area contributed by atoms with Crippen LogP contribution in [0.1, 0.15) is 28.4 Å². The second-order valence-corrected chi connectivity index (χ2v) is 10.9. The fraction of sp³-hybridized carbons (Fsp3) is 0.0244.